The molecule has 0 radical (unpaired) electrons. The summed E-state index contributed by atoms with van der Waals surface area (Å²) < 4.78 is 6.14. The van der Waals surface area contributed by atoms with Gasteiger partial charge in [-0.2, -0.15) is 0 Å². The van der Waals surface area contributed by atoms with Crippen LogP contribution in [0.4, 0.5) is 0 Å². The lowest BCUT2D eigenvalue weighted by atomic mass is 10.1. The first-order valence-corrected chi connectivity index (χ1v) is 9.56. The highest BCUT2D eigenvalue weighted by molar-refractivity contribution is 5.85. The number of amides is 1. The van der Waals surface area contributed by atoms with Gasteiger partial charge in [0.1, 0.15) is 6.54 Å². The van der Waals surface area contributed by atoms with Gasteiger partial charge in [-0.15, -0.1) is 6.58 Å². The second kappa shape index (κ2) is 10.4. The number of rotatable bonds is 7. The van der Waals surface area contributed by atoms with E-state index in [1.165, 1.54) is 25.7 Å². The summed E-state index contributed by atoms with van der Waals surface area (Å²) in [4.78, 5) is 20.1. The first-order chi connectivity index (χ1) is 12.1. The molecule has 1 saturated heterocycles. The number of carbonyl (C=O) groups excluding carboxylic acids is 1. The maximum atomic E-state index is 11.8. The van der Waals surface area contributed by atoms with E-state index in [0.29, 0.717) is 12.6 Å². The minimum atomic E-state index is 0.00712. The monoisotopic (exact) mass is 350 g/mol. The molecule has 1 aliphatic carbocycles. The van der Waals surface area contributed by atoms with Gasteiger partial charge in [-0.25, -0.2) is 4.99 Å². The van der Waals surface area contributed by atoms with E-state index in [4.69, 9.17) is 4.74 Å². The van der Waals surface area contributed by atoms with Crippen LogP contribution in [0.3, 0.4) is 0 Å². The average molecular weight is 351 g/mol. The van der Waals surface area contributed by atoms with Gasteiger partial charge >= 0.3 is 0 Å². The fourth-order valence-electron chi connectivity index (χ4n) is 3.40. The number of nitrogens with one attached hydrogen (secondary N) is 1. The molecule has 1 saturated carbocycles. The van der Waals surface area contributed by atoms with Crippen LogP contribution in [0.5, 0.6) is 0 Å². The first kappa shape index (κ1) is 19.8. The second-order valence-corrected chi connectivity index (χ2v) is 7.27. The van der Waals surface area contributed by atoms with E-state index in [9.17, 15) is 4.79 Å². The van der Waals surface area contributed by atoms with Gasteiger partial charge in [0.05, 0.1) is 6.10 Å². The van der Waals surface area contributed by atoms with Crippen LogP contribution in [-0.2, 0) is 9.53 Å². The molecule has 2 aliphatic rings. The minimum absolute atomic E-state index is 0.00712. The Hall–Kier alpha value is -1.56. The van der Waals surface area contributed by atoms with Gasteiger partial charge in [-0.3, -0.25) is 4.79 Å². The van der Waals surface area contributed by atoms with Crippen molar-refractivity contribution >= 4 is 11.9 Å². The Labute approximate surface area is 152 Å². The Morgan fingerprint density at radius 1 is 1.28 bits per heavy atom. The summed E-state index contributed by atoms with van der Waals surface area (Å²) in [7, 11) is 3.50. The van der Waals surface area contributed by atoms with Crippen LogP contribution in [0.2, 0.25) is 0 Å². The van der Waals surface area contributed by atoms with Gasteiger partial charge in [-0.05, 0) is 31.6 Å². The summed E-state index contributed by atoms with van der Waals surface area (Å²) in [5.41, 5.74) is 0. The van der Waals surface area contributed by atoms with Crippen LogP contribution in [-0.4, -0.2) is 74.7 Å². The van der Waals surface area contributed by atoms with Crippen molar-refractivity contribution in [3.63, 3.8) is 0 Å². The zero-order valence-corrected chi connectivity index (χ0v) is 15.9. The largest absolute Gasteiger partial charge is 0.378 e. The topological polar surface area (TPSA) is 57.2 Å². The van der Waals surface area contributed by atoms with Crippen LogP contribution < -0.4 is 5.32 Å². The molecule has 6 heteroatoms. The van der Waals surface area contributed by atoms with Crippen molar-refractivity contribution in [3.8, 4) is 0 Å². The number of hydrogen-bond acceptors (Lipinski definition) is 3. The van der Waals surface area contributed by atoms with Crippen LogP contribution >= 0.6 is 0 Å². The lowest BCUT2D eigenvalue weighted by Crippen LogP contribution is -2.47. The number of hydrogen-bond donors (Lipinski definition) is 1. The summed E-state index contributed by atoms with van der Waals surface area (Å²) in [6.07, 6.45) is 9.61. The number of likely N-dealkylation sites (N-methyl/N-ethyl adjacent to an activating group) is 1. The Morgan fingerprint density at radius 2 is 1.96 bits per heavy atom. The summed E-state index contributed by atoms with van der Waals surface area (Å²) in [6.45, 7) is 7.31. The van der Waals surface area contributed by atoms with Crippen molar-refractivity contribution in [1.82, 2.24) is 15.1 Å². The summed E-state index contributed by atoms with van der Waals surface area (Å²) in [6, 6.07) is 0. The predicted octanol–water partition coefficient (Wildman–Crippen LogP) is 1.88. The van der Waals surface area contributed by atoms with E-state index in [1.54, 1.807) is 25.1 Å². The molecule has 25 heavy (non-hydrogen) atoms. The second-order valence-electron chi connectivity index (χ2n) is 7.27. The number of nitrogens with zero attached hydrogens (tertiary/aromatic N) is 3. The van der Waals surface area contributed by atoms with E-state index in [1.807, 2.05) is 0 Å². The molecule has 1 N–H and O–H groups in total. The Morgan fingerprint density at radius 3 is 2.56 bits per heavy atom. The molecule has 6 nitrogen and oxygen atoms in total. The van der Waals surface area contributed by atoms with Crippen molar-refractivity contribution in [2.45, 2.75) is 44.6 Å². The number of piperidine rings is 1. The third-order valence-electron chi connectivity index (χ3n) is 5.05. The number of likely N-dealkylation sites (tertiary alicyclic amines) is 1. The SMILES string of the molecule is C=CCNC(=NCC(=O)N(C)C)N1CCC(OCC2CCCC2)CC1. The third-order valence-corrected chi connectivity index (χ3v) is 5.05. The smallest absolute Gasteiger partial charge is 0.243 e. The molecule has 142 valence electrons. The van der Waals surface area contributed by atoms with Crippen molar-refractivity contribution in [1.29, 1.82) is 0 Å². The Bertz CT molecular complexity index is 450. The van der Waals surface area contributed by atoms with Crippen molar-refractivity contribution < 1.29 is 9.53 Å². The molecule has 1 aliphatic heterocycles. The molecule has 0 atom stereocenters. The molecule has 2 fully saturated rings. The number of guanidine groups is 1. The molecule has 0 unspecified atom stereocenters. The number of ether oxygens (including phenoxy) is 1. The van der Waals surface area contributed by atoms with Gasteiger partial charge in [-0.1, -0.05) is 18.9 Å². The molecule has 0 aromatic heterocycles. The lowest BCUT2D eigenvalue weighted by molar-refractivity contribution is -0.127. The van der Waals surface area contributed by atoms with Gasteiger partial charge < -0.3 is 19.9 Å². The highest BCUT2D eigenvalue weighted by atomic mass is 16.5. The predicted molar refractivity (Wildman–Crippen MR) is 102 cm³/mol. The number of carbonyl (C=O) groups is 1. The van der Waals surface area contributed by atoms with E-state index in [2.05, 4.69) is 21.8 Å². The normalized spacial score (nSPS) is 19.9. The van der Waals surface area contributed by atoms with Crippen LogP contribution in [0, 0.1) is 5.92 Å². The van der Waals surface area contributed by atoms with Gasteiger partial charge in [0.15, 0.2) is 5.96 Å². The average Bonchev–Trinajstić information content (AvgIpc) is 3.14. The fraction of sp³-hybridized carbons (Fsp3) is 0.789. The standard InChI is InChI=1S/C19H34N4O2/c1-4-11-20-19(21-14-18(24)22(2)3)23-12-9-17(10-13-23)25-15-16-7-5-6-8-16/h4,16-17H,1,5-15H2,2-3H3,(H,20,21). The van der Waals surface area contributed by atoms with E-state index in [0.717, 1.165) is 44.4 Å². The maximum absolute atomic E-state index is 11.8. The summed E-state index contributed by atoms with van der Waals surface area (Å²) >= 11 is 0. The van der Waals surface area contributed by atoms with Gasteiger partial charge in [0.2, 0.25) is 5.91 Å². The van der Waals surface area contributed by atoms with Crippen LogP contribution in [0.25, 0.3) is 0 Å². The summed E-state index contributed by atoms with van der Waals surface area (Å²) in [5.74, 6) is 1.58. The molecule has 0 bridgehead atoms. The zero-order chi connectivity index (χ0) is 18.1. The van der Waals surface area contributed by atoms with Crippen molar-refractivity contribution in [2.24, 2.45) is 10.9 Å². The Balaban J connectivity index is 1.79. The molecule has 2 rings (SSSR count). The van der Waals surface area contributed by atoms with Crippen LogP contribution in [0.1, 0.15) is 38.5 Å². The Kier molecular flexibility index (Phi) is 8.25. The fourth-order valence-corrected chi connectivity index (χ4v) is 3.40. The molecule has 0 spiro atoms. The molecule has 0 aromatic carbocycles. The maximum Gasteiger partial charge on any atom is 0.243 e. The van der Waals surface area contributed by atoms with Gasteiger partial charge in [0, 0.05) is 40.3 Å². The quantitative estimate of drug-likeness (QED) is 0.433. The zero-order valence-electron chi connectivity index (χ0n) is 15.9. The van der Waals surface area contributed by atoms with Crippen molar-refractivity contribution in [3.05, 3.63) is 12.7 Å². The molecule has 1 amide bonds. The highest BCUT2D eigenvalue weighted by Crippen LogP contribution is 2.26. The van der Waals surface area contributed by atoms with Gasteiger partial charge in [0.25, 0.3) is 0 Å². The molecular weight excluding hydrogens is 316 g/mol. The van der Waals surface area contributed by atoms with E-state index < -0.39 is 0 Å². The highest BCUT2D eigenvalue weighted by Gasteiger charge is 2.24. The van der Waals surface area contributed by atoms with Crippen molar-refractivity contribution in [2.75, 3.05) is 46.9 Å². The third kappa shape index (κ3) is 6.69. The van der Waals surface area contributed by atoms with Crippen LogP contribution in [0.15, 0.2) is 17.6 Å². The number of aliphatic imine (C=N–C) groups is 1. The molecule has 0 aromatic rings. The molecule has 1 heterocycles. The lowest BCUT2D eigenvalue weighted by Gasteiger charge is -2.34. The first-order valence-electron chi connectivity index (χ1n) is 9.56. The minimum Gasteiger partial charge on any atom is -0.378 e. The van der Waals surface area contributed by atoms with E-state index >= 15 is 0 Å². The molecular formula is C19H34N4O2. The summed E-state index contributed by atoms with van der Waals surface area (Å²) in [5, 5.41) is 3.27. The van der Waals surface area contributed by atoms with E-state index in [-0.39, 0.29) is 12.5 Å².